The number of benzene rings is 2. The normalized spacial score (nSPS) is 12.7. The average molecular weight is 497 g/mol. The van der Waals surface area contributed by atoms with Gasteiger partial charge in [-0.2, -0.15) is 18.2 Å². The maximum absolute atomic E-state index is 13.5. The lowest BCUT2D eigenvalue weighted by molar-refractivity contribution is -0.137. The Bertz CT molecular complexity index is 1230. The van der Waals surface area contributed by atoms with Crippen molar-refractivity contribution in [1.82, 2.24) is 15.3 Å². The van der Waals surface area contributed by atoms with Gasteiger partial charge in [-0.15, -0.1) is 0 Å². The number of para-hydroxylation sites is 1. The maximum Gasteiger partial charge on any atom is 0.421 e. The minimum absolute atomic E-state index is 0.0552. The third-order valence-electron chi connectivity index (χ3n) is 4.53. The first kappa shape index (κ1) is 25.1. The minimum Gasteiger partial charge on any atom is -0.376 e. The Morgan fingerprint density at radius 2 is 1.71 bits per heavy atom. The fraction of sp³-hybridized carbons (Fsp3) is 0.150. The van der Waals surface area contributed by atoms with Crippen molar-refractivity contribution < 1.29 is 37.4 Å². The smallest absolute Gasteiger partial charge is 0.376 e. The SMILES string of the molecule is CNC(=O)c1ccccc1Nc1nc(Nc2ccc(C(O)P(=O)(O)O)cc2)ncc1C(F)(F)F. The number of nitrogens with one attached hydrogen (secondary N) is 3. The van der Waals surface area contributed by atoms with Crippen LogP contribution in [0.3, 0.4) is 0 Å². The molecular weight excluding hydrogens is 478 g/mol. The number of hydrogen-bond donors (Lipinski definition) is 6. The zero-order valence-electron chi connectivity index (χ0n) is 17.4. The lowest BCUT2D eigenvalue weighted by atomic mass is 10.1. The average Bonchev–Trinajstić information content (AvgIpc) is 2.78. The largest absolute Gasteiger partial charge is 0.421 e. The van der Waals surface area contributed by atoms with Crippen LogP contribution in [0.4, 0.5) is 36.3 Å². The summed E-state index contributed by atoms with van der Waals surface area (Å²) in [5.74, 6) is -3.35. The fourth-order valence-corrected chi connectivity index (χ4v) is 3.42. The third kappa shape index (κ3) is 5.88. The second-order valence-electron chi connectivity index (χ2n) is 6.91. The number of halogens is 3. The van der Waals surface area contributed by atoms with Crippen LogP contribution >= 0.6 is 7.60 Å². The van der Waals surface area contributed by atoms with Gasteiger partial charge in [-0.05, 0) is 29.8 Å². The van der Waals surface area contributed by atoms with Gasteiger partial charge in [0.2, 0.25) is 5.95 Å². The number of rotatable bonds is 7. The van der Waals surface area contributed by atoms with E-state index in [2.05, 4.69) is 25.9 Å². The van der Waals surface area contributed by atoms with Crippen molar-refractivity contribution in [2.75, 3.05) is 17.7 Å². The molecule has 0 saturated heterocycles. The topological polar surface area (TPSA) is 157 Å². The lowest BCUT2D eigenvalue weighted by Crippen LogP contribution is -2.20. The summed E-state index contributed by atoms with van der Waals surface area (Å²) in [6.45, 7) is 0. The molecule has 1 unspecified atom stereocenters. The molecule has 0 radical (unpaired) electrons. The van der Waals surface area contributed by atoms with E-state index in [0.29, 0.717) is 6.20 Å². The first-order valence-corrected chi connectivity index (χ1v) is 11.2. The van der Waals surface area contributed by atoms with E-state index in [1.54, 1.807) is 6.07 Å². The van der Waals surface area contributed by atoms with Crippen molar-refractivity contribution in [3.63, 3.8) is 0 Å². The number of anilines is 4. The Morgan fingerprint density at radius 3 is 2.29 bits per heavy atom. The maximum atomic E-state index is 13.5. The van der Waals surface area contributed by atoms with Gasteiger partial charge < -0.3 is 30.8 Å². The standard InChI is InChI=1S/C20H19F3N5O5P/c1-24-17(29)13-4-2-3-5-15(13)27-16-14(20(21,22)23)10-25-19(28-16)26-12-8-6-11(7-9-12)18(30)34(31,32)33/h2-10,18,30H,1H3,(H,24,29)(H2,31,32,33)(H2,25,26,27,28). The highest BCUT2D eigenvalue weighted by Gasteiger charge is 2.35. The van der Waals surface area contributed by atoms with E-state index in [0.717, 1.165) is 0 Å². The Hall–Kier alpha value is -3.51. The van der Waals surface area contributed by atoms with Crippen molar-refractivity contribution in [2.24, 2.45) is 0 Å². The van der Waals surface area contributed by atoms with Gasteiger partial charge in [0.25, 0.3) is 5.91 Å². The van der Waals surface area contributed by atoms with Gasteiger partial charge in [0, 0.05) is 18.9 Å². The molecule has 0 bridgehead atoms. The molecule has 14 heteroatoms. The van der Waals surface area contributed by atoms with Crippen LogP contribution in [0.25, 0.3) is 0 Å². The fourth-order valence-electron chi connectivity index (χ4n) is 2.86. The summed E-state index contributed by atoms with van der Waals surface area (Å²) in [4.78, 5) is 37.8. The summed E-state index contributed by atoms with van der Waals surface area (Å²) in [5, 5.41) is 17.3. The van der Waals surface area contributed by atoms with Crippen LogP contribution in [0.5, 0.6) is 0 Å². The van der Waals surface area contributed by atoms with Gasteiger partial charge in [0.1, 0.15) is 11.4 Å². The van der Waals surface area contributed by atoms with Crippen LogP contribution in [-0.4, -0.2) is 37.8 Å². The summed E-state index contributed by atoms with van der Waals surface area (Å²) in [5.41, 5.74) is -0.749. The molecule has 0 fully saturated rings. The summed E-state index contributed by atoms with van der Waals surface area (Å²) < 4.78 is 51.8. The number of carbonyl (C=O) groups is 1. The van der Waals surface area contributed by atoms with Crippen LogP contribution in [-0.2, 0) is 10.7 Å². The molecule has 1 amide bonds. The number of amides is 1. The molecule has 2 aromatic carbocycles. The number of carbonyl (C=O) groups excluding carboxylic acids is 1. The van der Waals surface area contributed by atoms with E-state index in [4.69, 9.17) is 9.79 Å². The second kappa shape index (κ2) is 9.77. The van der Waals surface area contributed by atoms with Crippen LogP contribution in [0.1, 0.15) is 27.3 Å². The monoisotopic (exact) mass is 497 g/mol. The number of aliphatic hydroxyl groups excluding tert-OH is 1. The molecule has 0 aliphatic rings. The number of aromatic nitrogens is 2. The molecule has 0 saturated carbocycles. The predicted molar refractivity (Wildman–Crippen MR) is 117 cm³/mol. The van der Waals surface area contributed by atoms with Crippen LogP contribution in [0, 0.1) is 0 Å². The molecule has 1 atom stereocenters. The molecule has 6 N–H and O–H groups in total. The third-order valence-corrected chi connectivity index (χ3v) is 5.46. The predicted octanol–water partition coefficient (Wildman–Crippen LogP) is 3.51. The van der Waals surface area contributed by atoms with E-state index in [1.807, 2.05) is 0 Å². The second-order valence-corrected chi connectivity index (χ2v) is 8.58. The van der Waals surface area contributed by atoms with Crippen molar-refractivity contribution >= 4 is 36.6 Å². The molecule has 180 valence electrons. The van der Waals surface area contributed by atoms with Gasteiger partial charge in [0.05, 0.1) is 11.3 Å². The van der Waals surface area contributed by atoms with Crippen molar-refractivity contribution in [1.29, 1.82) is 0 Å². The molecular formula is C20H19F3N5O5P. The highest BCUT2D eigenvalue weighted by Crippen LogP contribution is 2.49. The van der Waals surface area contributed by atoms with Gasteiger partial charge in [-0.3, -0.25) is 9.36 Å². The van der Waals surface area contributed by atoms with Crippen molar-refractivity contribution in [3.8, 4) is 0 Å². The number of nitrogens with zero attached hydrogens (tertiary/aromatic N) is 2. The van der Waals surface area contributed by atoms with Gasteiger partial charge in [-0.25, -0.2) is 4.98 Å². The van der Waals surface area contributed by atoms with E-state index >= 15 is 0 Å². The zero-order chi connectivity index (χ0) is 25.1. The Morgan fingerprint density at radius 1 is 1.06 bits per heavy atom. The molecule has 0 spiro atoms. The summed E-state index contributed by atoms with van der Waals surface area (Å²) in [6, 6.07) is 11.1. The zero-order valence-corrected chi connectivity index (χ0v) is 18.3. The number of aliphatic hydroxyl groups is 1. The highest BCUT2D eigenvalue weighted by molar-refractivity contribution is 7.51. The Labute approximate surface area is 191 Å². The highest BCUT2D eigenvalue weighted by atomic mass is 31.2. The van der Waals surface area contributed by atoms with E-state index < -0.39 is 36.9 Å². The lowest BCUT2D eigenvalue weighted by Gasteiger charge is -2.17. The van der Waals surface area contributed by atoms with E-state index in [-0.39, 0.29) is 28.5 Å². The van der Waals surface area contributed by atoms with E-state index in [9.17, 15) is 27.6 Å². The van der Waals surface area contributed by atoms with Crippen LogP contribution in [0.15, 0.2) is 54.7 Å². The Balaban J connectivity index is 1.93. The Kier molecular flexibility index (Phi) is 7.22. The quantitative estimate of drug-likeness (QED) is 0.269. The molecule has 10 nitrogen and oxygen atoms in total. The number of alkyl halides is 3. The van der Waals surface area contributed by atoms with Crippen molar-refractivity contribution in [3.05, 3.63) is 71.4 Å². The summed E-state index contributed by atoms with van der Waals surface area (Å²) in [7, 11) is -3.38. The minimum atomic E-state index is -4.79. The van der Waals surface area contributed by atoms with Crippen LogP contribution < -0.4 is 16.0 Å². The van der Waals surface area contributed by atoms with E-state index in [1.165, 1.54) is 49.5 Å². The van der Waals surface area contributed by atoms with Gasteiger partial charge in [0.15, 0.2) is 5.85 Å². The summed E-state index contributed by atoms with van der Waals surface area (Å²) in [6.07, 6.45) is -4.21. The molecule has 0 aliphatic carbocycles. The first-order valence-electron chi connectivity index (χ1n) is 9.53. The van der Waals surface area contributed by atoms with Crippen molar-refractivity contribution in [2.45, 2.75) is 12.0 Å². The molecule has 1 heterocycles. The van der Waals surface area contributed by atoms with Gasteiger partial charge in [-0.1, -0.05) is 24.3 Å². The molecule has 3 rings (SSSR count). The van der Waals surface area contributed by atoms with Gasteiger partial charge >= 0.3 is 13.8 Å². The molecule has 34 heavy (non-hydrogen) atoms. The first-order chi connectivity index (χ1) is 15.9. The molecule has 0 aliphatic heterocycles. The molecule has 1 aromatic heterocycles. The number of hydrogen-bond acceptors (Lipinski definition) is 7. The van der Waals surface area contributed by atoms with Crippen LogP contribution in [0.2, 0.25) is 0 Å². The molecule has 3 aromatic rings. The summed E-state index contributed by atoms with van der Waals surface area (Å²) >= 11 is 0.